The lowest BCUT2D eigenvalue weighted by molar-refractivity contribution is -0.139. The molecule has 53 heavy (non-hydrogen) atoms. The Morgan fingerprint density at radius 1 is 1.21 bits per heavy atom. The van der Waals surface area contributed by atoms with Crippen LogP contribution in [0.3, 0.4) is 0 Å². The molecule has 0 bridgehead atoms. The van der Waals surface area contributed by atoms with Crippen LogP contribution in [0.1, 0.15) is 56.6 Å². The Kier molecular flexibility index (Phi) is 8.26. The number of amides is 1. The molecule has 1 aliphatic carbocycles. The summed E-state index contributed by atoms with van der Waals surface area (Å²) in [5.41, 5.74) is -0.279. The van der Waals surface area contributed by atoms with E-state index < -0.39 is 75.4 Å². The molecule has 4 atom stereocenters. The number of nitriles is 1. The van der Waals surface area contributed by atoms with E-state index in [4.69, 9.17) is 10.5 Å². The maximum Gasteiger partial charge on any atom is 0.417 e. The van der Waals surface area contributed by atoms with E-state index in [9.17, 15) is 23.2 Å². The van der Waals surface area contributed by atoms with Crippen LogP contribution in [0.25, 0.3) is 32.1 Å². The van der Waals surface area contributed by atoms with Crippen LogP contribution >= 0.6 is 11.3 Å². The molecule has 4 unspecified atom stereocenters. The molecule has 1 saturated carbocycles. The van der Waals surface area contributed by atoms with Gasteiger partial charge in [0.1, 0.15) is 41.0 Å². The van der Waals surface area contributed by atoms with Gasteiger partial charge >= 0.3 is 12.2 Å². The summed E-state index contributed by atoms with van der Waals surface area (Å²) in [7, 11) is 1.54. The lowest BCUT2D eigenvalue weighted by Gasteiger charge is -2.33. The van der Waals surface area contributed by atoms with Crippen LogP contribution in [0.5, 0.6) is 6.01 Å². The number of likely N-dealkylation sites (N-methyl/N-ethyl adjacent to an activating group) is 1. The molecule has 2 aromatic carbocycles. The van der Waals surface area contributed by atoms with Crippen molar-refractivity contribution < 1.29 is 40.3 Å². The highest BCUT2D eigenvalue weighted by Crippen LogP contribution is 2.49. The summed E-state index contributed by atoms with van der Waals surface area (Å²) in [6, 6.07) is 2.85. The average Bonchev–Trinajstić information content (AvgIpc) is 3.36. The number of aromatic nitrogens is 2. The topological polar surface area (TPSA) is 112 Å². The van der Waals surface area contributed by atoms with Gasteiger partial charge in [0, 0.05) is 48.9 Å². The molecule has 0 spiro atoms. The quantitative estimate of drug-likeness (QED) is 0.198. The predicted octanol–water partition coefficient (Wildman–Crippen LogP) is 7.15. The Hall–Kier alpha value is -4.43. The van der Waals surface area contributed by atoms with Crippen LogP contribution < -0.4 is 15.4 Å². The summed E-state index contributed by atoms with van der Waals surface area (Å²) in [6.07, 6.45) is -4.06. The first-order valence-electron chi connectivity index (χ1n) is 17.3. The van der Waals surface area contributed by atoms with E-state index in [0.29, 0.717) is 36.8 Å². The molecule has 9 nitrogen and oxygen atoms in total. The number of likely N-dealkylation sites (tertiary alicyclic amines) is 1. The zero-order valence-electron chi connectivity index (χ0n) is 28.7. The van der Waals surface area contributed by atoms with Gasteiger partial charge in [-0.05, 0) is 63.3 Å². The average molecular weight is 762 g/mol. The van der Waals surface area contributed by atoms with Gasteiger partial charge in [0.05, 0.1) is 27.4 Å². The maximum atomic E-state index is 17.2. The molecule has 2 aromatic heterocycles. The summed E-state index contributed by atoms with van der Waals surface area (Å²) >= 11 is 0.660. The smallest absolute Gasteiger partial charge is 0.417 e. The molecule has 0 radical (unpaired) electrons. The van der Waals surface area contributed by atoms with Crippen LogP contribution in [0.2, 0.25) is 0 Å². The van der Waals surface area contributed by atoms with Crippen LogP contribution in [-0.4, -0.2) is 88.4 Å². The fourth-order valence-electron chi connectivity index (χ4n) is 8.63. The third-order valence-corrected chi connectivity index (χ3v) is 12.5. The van der Waals surface area contributed by atoms with Crippen molar-refractivity contribution in [2.75, 3.05) is 43.9 Å². The normalized spacial score (nSPS) is 25.3. The van der Waals surface area contributed by atoms with Crippen LogP contribution in [-0.2, 0) is 11.0 Å². The van der Waals surface area contributed by atoms with Gasteiger partial charge in [0.15, 0.2) is 11.5 Å². The molecule has 8 rings (SSSR count). The Bertz CT molecular complexity index is 2220. The molecule has 280 valence electrons. The number of hydrogen-bond donors (Lipinski definition) is 1. The van der Waals surface area contributed by atoms with Gasteiger partial charge in [-0.15, -0.1) is 11.3 Å². The number of fused-ring (bicyclic) bond motifs is 3. The second-order valence-electron chi connectivity index (χ2n) is 14.6. The number of nitrogens with two attached hydrogens (primary N) is 1. The molecule has 4 aliphatic rings. The van der Waals surface area contributed by atoms with Crippen LogP contribution in [0.15, 0.2) is 18.2 Å². The highest BCUT2D eigenvalue weighted by molar-refractivity contribution is 7.23. The third-order valence-electron chi connectivity index (χ3n) is 11.5. The van der Waals surface area contributed by atoms with Crippen LogP contribution in [0, 0.1) is 23.0 Å². The van der Waals surface area contributed by atoms with Crippen molar-refractivity contribution in [3.05, 3.63) is 41.0 Å². The Labute approximate surface area is 303 Å². The number of benzene rings is 2. The summed E-state index contributed by atoms with van der Waals surface area (Å²) in [5.74, 6) is -3.05. The molecule has 17 heteroatoms. The van der Waals surface area contributed by atoms with E-state index in [2.05, 4.69) is 9.97 Å². The van der Waals surface area contributed by atoms with Gasteiger partial charge in [-0.3, -0.25) is 9.69 Å². The summed E-state index contributed by atoms with van der Waals surface area (Å²) in [4.78, 5) is 26.8. The second kappa shape index (κ2) is 12.3. The van der Waals surface area contributed by atoms with E-state index in [-0.39, 0.29) is 76.8 Å². The van der Waals surface area contributed by atoms with Crippen molar-refractivity contribution in [2.45, 2.75) is 81.1 Å². The van der Waals surface area contributed by atoms with Crippen molar-refractivity contribution in [2.24, 2.45) is 0 Å². The fourth-order valence-corrected chi connectivity index (χ4v) is 9.58. The number of carbonyl (C=O) groups excluding carboxylic acids is 1. The molecule has 3 saturated heterocycles. The Morgan fingerprint density at radius 3 is 2.66 bits per heavy atom. The van der Waals surface area contributed by atoms with Gasteiger partial charge in [-0.2, -0.15) is 28.4 Å². The number of anilines is 2. The molecule has 2 N–H and O–H groups in total. The number of halogens is 7. The minimum absolute atomic E-state index is 0.0593. The first-order valence-corrected chi connectivity index (χ1v) is 18.2. The van der Waals surface area contributed by atoms with Crippen molar-refractivity contribution in [1.82, 2.24) is 19.8 Å². The summed E-state index contributed by atoms with van der Waals surface area (Å²) in [6.45, 7) is 2.73. The predicted molar refractivity (Wildman–Crippen MR) is 184 cm³/mol. The van der Waals surface area contributed by atoms with Gasteiger partial charge < -0.3 is 20.3 Å². The second-order valence-corrected chi connectivity index (χ2v) is 15.7. The van der Waals surface area contributed by atoms with Crippen molar-refractivity contribution in [1.29, 1.82) is 5.26 Å². The number of nitrogens with zero attached hydrogens (tertiary/aromatic N) is 6. The van der Waals surface area contributed by atoms with E-state index in [1.807, 2.05) is 11.0 Å². The molecule has 4 aromatic rings. The standard InChI is InChI=1S/C36H34F7N7O2S/c1-17-24(6-11-50(17)32(51)35(40)8-9-35)48(2)31-20-12-22(36(41,42)43)26(19-4-5-23(38)29-25(19)21(14-44)30(45)53-29)27(39)28(20)46-33(47-31)52-16-34-7-3-10-49(34)15-18(37)13-34/h4-5,12,17-18,24H,3,6-11,13,15-16,45H2,1-2H3. The van der Waals surface area contributed by atoms with Gasteiger partial charge in [-0.1, -0.05) is 6.07 Å². The number of rotatable bonds is 7. The Balaban J connectivity index is 1.31. The largest absolute Gasteiger partial charge is 0.461 e. The zero-order valence-corrected chi connectivity index (χ0v) is 29.5. The number of thiophene rings is 1. The van der Waals surface area contributed by atoms with Gasteiger partial charge in [-0.25, -0.2) is 17.6 Å². The van der Waals surface area contributed by atoms with Crippen molar-refractivity contribution >= 4 is 49.1 Å². The van der Waals surface area contributed by atoms with E-state index >= 15 is 17.6 Å². The Morgan fingerprint density at radius 2 is 1.96 bits per heavy atom. The van der Waals surface area contributed by atoms with Crippen molar-refractivity contribution in [3.63, 3.8) is 0 Å². The number of hydrogen-bond acceptors (Lipinski definition) is 9. The van der Waals surface area contributed by atoms with Crippen molar-refractivity contribution in [3.8, 4) is 23.2 Å². The van der Waals surface area contributed by atoms with Gasteiger partial charge in [0.2, 0.25) is 0 Å². The SMILES string of the molecule is CC1C(N(C)c2nc(OCC34CCCN3CC(F)C4)nc3c(F)c(-c4ccc(F)c5sc(N)c(C#N)c45)c(C(F)(F)F)cc23)CCN1C(=O)C1(F)CC1. The zero-order chi connectivity index (χ0) is 37.8. The van der Waals surface area contributed by atoms with E-state index in [1.54, 1.807) is 14.0 Å². The first-order chi connectivity index (χ1) is 25.1. The minimum atomic E-state index is -5.16. The van der Waals surface area contributed by atoms with E-state index in [0.717, 1.165) is 18.6 Å². The molecule has 1 amide bonds. The fraction of sp³-hybridized carbons (Fsp3) is 0.500. The molecule has 5 heterocycles. The number of nitrogen functional groups attached to an aromatic ring is 1. The number of alkyl halides is 5. The van der Waals surface area contributed by atoms with Crippen LogP contribution in [0.4, 0.5) is 41.6 Å². The lowest BCUT2D eigenvalue weighted by atomic mass is 9.92. The number of ether oxygens (including phenoxy) is 1. The monoisotopic (exact) mass is 761 g/mol. The molecule has 3 aliphatic heterocycles. The summed E-state index contributed by atoms with van der Waals surface area (Å²) < 4.78 is 113. The third kappa shape index (κ3) is 5.62. The molecular weight excluding hydrogens is 727 g/mol. The number of carbonyl (C=O) groups is 1. The highest BCUT2D eigenvalue weighted by Gasteiger charge is 2.55. The maximum absolute atomic E-state index is 17.2. The van der Waals surface area contributed by atoms with E-state index in [1.165, 1.54) is 9.80 Å². The highest BCUT2D eigenvalue weighted by atomic mass is 32.1. The summed E-state index contributed by atoms with van der Waals surface area (Å²) in [5, 5.41) is 9.11. The van der Waals surface area contributed by atoms with Gasteiger partial charge in [0.25, 0.3) is 5.91 Å². The molecular formula is C36H34F7N7O2S. The lowest BCUT2D eigenvalue weighted by Crippen LogP contribution is -2.47. The molecule has 4 fully saturated rings. The minimum Gasteiger partial charge on any atom is -0.461 e. The first kappa shape index (κ1) is 35.6.